The van der Waals surface area contributed by atoms with Crippen LogP contribution in [0, 0.1) is 0 Å². The van der Waals surface area contributed by atoms with Gasteiger partial charge in [0.15, 0.2) is 0 Å². The standard InChI is InChI=1S/C13H15ClN4O2/c1-7-5-20-6-11-8-3-9(12(14)19)16-4-10(8)17-13(15)18(7,11)2/h3-4,7,11H,5-6H2,1-2H3,(H-,15,17,19)/p+1/t7-,11-,18?/m1/s1. The smallest absolute Gasteiger partial charge is 0.300 e. The Morgan fingerprint density at radius 1 is 1.55 bits per heavy atom. The van der Waals surface area contributed by atoms with E-state index in [9.17, 15) is 4.79 Å². The van der Waals surface area contributed by atoms with Gasteiger partial charge in [-0.05, 0) is 24.6 Å². The zero-order chi connectivity index (χ0) is 14.5. The number of fused-ring (bicyclic) bond motifs is 3. The molecule has 0 aliphatic carbocycles. The van der Waals surface area contributed by atoms with Crippen molar-refractivity contribution in [2.45, 2.75) is 19.0 Å². The molecule has 1 aromatic heterocycles. The number of morpholine rings is 1. The van der Waals surface area contributed by atoms with Crippen LogP contribution in [0.5, 0.6) is 0 Å². The molecule has 1 unspecified atom stereocenters. The average molecular weight is 296 g/mol. The Labute approximate surface area is 121 Å². The highest BCUT2D eigenvalue weighted by molar-refractivity contribution is 6.67. The van der Waals surface area contributed by atoms with Crippen LogP contribution in [-0.4, -0.2) is 47.0 Å². The van der Waals surface area contributed by atoms with Crippen molar-refractivity contribution in [3.05, 3.63) is 23.5 Å². The number of rotatable bonds is 1. The number of aliphatic imine (C=N–C) groups is 1. The molecule has 2 aliphatic heterocycles. The van der Waals surface area contributed by atoms with E-state index in [2.05, 4.69) is 16.9 Å². The van der Waals surface area contributed by atoms with E-state index >= 15 is 0 Å². The minimum absolute atomic E-state index is 0.00372. The highest BCUT2D eigenvalue weighted by atomic mass is 35.5. The molecule has 0 spiro atoms. The Kier molecular flexibility index (Phi) is 3.04. The summed E-state index contributed by atoms with van der Waals surface area (Å²) in [5.41, 5.74) is 7.99. The van der Waals surface area contributed by atoms with Crippen LogP contribution < -0.4 is 5.73 Å². The van der Waals surface area contributed by atoms with Crippen molar-refractivity contribution < 1.29 is 14.0 Å². The van der Waals surface area contributed by atoms with E-state index in [4.69, 9.17) is 22.1 Å². The minimum atomic E-state index is -0.575. The Hall–Kier alpha value is -1.50. The summed E-state index contributed by atoms with van der Waals surface area (Å²) in [5, 5.41) is -0.575. The van der Waals surface area contributed by atoms with Gasteiger partial charge >= 0.3 is 5.96 Å². The summed E-state index contributed by atoms with van der Waals surface area (Å²) in [5.74, 6) is 0.546. The summed E-state index contributed by atoms with van der Waals surface area (Å²) in [4.78, 5) is 19.8. The normalized spacial score (nSPS) is 32.0. The lowest BCUT2D eigenvalue weighted by Gasteiger charge is -2.48. The second kappa shape index (κ2) is 4.51. The number of pyridine rings is 1. The molecule has 1 aromatic rings. The van der Waals surface area contributed by atoms with Crippen molar-refractivity contribution in [2.75, 3.05) is 20.3 Å². The number of nitrogens with zero attached hydrogens (tertiary/aromatic N) is 3. The van der Waals surface area contributed by atoms with Crippen LogP contribution >= 0.6 is 11.6 Å². The van der Waals surface area contributed by atoms with Crippen LogP contribution in [0.25, 0.3) is 0 Å². The predicted molar refractivity (Wildman–Crippen MR) is 74.9 cm³/mol. The van der Waals surface area contributed by atoms with Crippen LogP contribution in [0.15, 0.2) is 17.3 Å². The maximum atomic E-state index is 11.3. The van der Waals surface area contributed by atoms with Gasteiger partial charge in [-0.15, -0.1) is 0 Å². The SMILES string of the molecule is C[C@@H]1COC[C@@H]2c3cc(C(=O)Cl)ncc3N=C(N)[N+]12C. The number of carbonyl (C=O) groups excluding carboxylic acids is 1. The first kappa shape index (κ1) is 13.5. The second-order valence-electron chi connectivity index (χ2n) is 5.42. The molecule has 0 radical (unpaired) electrons. The number of halogens is 1. The predicted octanol–water partition coefficient (Wildman–Crippen LogP) is 1.33. The summed E-state index contributed by atoms with van der Waals surface area (Å²) >= 11 is 5.51. The van der Waals surface area contributed by atoms with Crippen molar-refractivity contribution in [3.63, 3.8) is 0 Å². The number of hydrogen-bond donors (Lipinski definition) is 1. The van der Waals surface area contributed by atoms with E-state index in [1.807, 2.05) is 7.05 Å². The van der Waals surface area contributed by atoms with Gasteiger partial charge in [-0.25, -0.2) is 9.47 Å². The monoisotopic (exact) mass is 295 g/mol. The second-order valence-corrected chi connectivity index (χ2v) is 5.76. The molecule has 3 heterocycles. The number of aromatic nitrogens is 1. The van der Waals surface area contributed by atoms with Crippen molar-refractivity contribution in [1.29, 1.82) is 0 Å². The first-order valence-electron chi connectivity index (χ1n) is 6.42. The highest BCUT2D eigenvalue weighted by Gasteiger charge is 2.49. The van der Waals surface area contributed by atoms with Crippen molar-refractivity contribution >= 4 is 28.5 Å². The molecule has 2 N–H and O–H groups in total. The third kappa shape index (κ3) is 1.76. The van der Waals surface area contributed by atoms with E-state index in [1.165, 1.54) is 0 Å². The quantitative estimate of drug-likeness (QED) is 0.626. The highest BCUT2D eigenvalue weighted by Crippen LogP contribution is 2.42. The van der Waals surface area contributed by atoms with Crippen LogP contribution in [0.3, 0.4) is 0 Å². The van der Waals surface area contributed by atoms with E-state index in [0.29, 0.717) is 29.3 Å². The largest absolute Gasteiger partial charge is 0.369 e. The van der Waals surface area contributed by atoms with Gasteiger partial charge in [-0.1, -0.05) is 0 Å². The third-order valence-corrected chi connectivity index (χ3v) is 4.59. The molecule has 3 atom stereocenters. The van der Waals surface area contributed by atoms with E-state index < -0.39 is 5.24 Å². The Morgan fingerprint density at radius 2 is 2.30 bits per heavy atom. The fourth-order valence-corrected chi connectivity index (χ4v) is 3.00. The third-order valence-electron chi connectivity index (χ3n) is 4.40. The summed E-state index contributed by atoms with van der Waals surface area (Å²) < 4.78 is 6.15. The Balaban J connectivity index is 2.18. The van der Waals surface area contributed by atoms with Crippen LogP contribution in [0.1, 0.15) is 29.0 Å². The van der Waals surface area contributed by atoms with E-state index in [1.54, 1.807) is 12.3 Å². The number of ether oxygens (including phenoxy) is 1. The van der Waals surface area contributed by atoms with Gasteiger partial charge in [0.25, 0.3) is 5.24 Å². The maximum Gasteiger partial charge on any atom is 0.300 e. The molecule has 20 heavy (non-hydrogen) atoms. The Morgan fingerprint density at radius 3 is 3.00 bits per heavy atom. The van der Waals surface area contributed by atoms with E-state index in [-0.39, 0.29) is 17.8 Å². The number of likely N-dealkylation sites (N-methyl/N-ethyl adjacent to an activating group) is 1. The van der Waals surface area contributed by atoms with Gasteiger partial charge in [0, 0.05) is 5.56 Å². The van der Waals surface area contributed by atoms with Gasteiger partial charge in [-0.3, -0.25) is 4.79 Å². The van der Waals surface area contributed by atoms with E-state index in [0.717, 1.165) is 5.56 Å². The van der Waals surface area contributed by atoms with Crippen LogP contribution in [0.2, 0.25) is 0 Å². The van der Waals surface area contributed by atoms with Crippen molar-refractivity contribution in [2.24, 2.45) is 10.7 Å². The molecule has 7 heteroatoms. The zero-order valence-corrected chi connectivity index (χ0v) is 12.1. The summed E-state index contributed by atoms with van der Waals surface area (Å²) in [6.07, 6.45) is 1.54. The number of hydrogen-bond acceptors (Lipinski definition) is 5. The van der Waals surface area contributed by atoms with Crippen molar-refractivity contribution in [3.8, 4) is 0 Å². The van der Waals surface area contributed by atoms with Gasteiger partial charge in [-0.2, -0.15) is 4.99 Å². The summed E-state index contributed by atoms with van der Waals surface area (Å²) in [7, 11) is 2.04. The molecular formula is C13H16ClN4O2+. The molecule has 0 bridgehead atoms. The molecule has 3 rings (SSSR count). The fourth-order valence-electron chi connectivity index (χ4n) is 2.89. The molecule has 0 saturated carbocycles. The lowest BCUT2D eigenvalue weighted by molar-refractivity contribution is -0.889. The van der Waals surface area contributed by atoms with Crippen LogP contribution in [0.4, 0.5) is 5.69 Å². The number of nitrogens with two attached hydrogens (primary N) is 1. The van der Waals surface area contributed by atoms with Crippen LogP contribution in [-0.2, 0) is 4.74 Å². The first-order chi connectivity index (χ1) is 9.44. The molecule has 106 valence electrons. The van der Waals surface area contributed by atoms with Gasteiger partial charge in [0.2, 0.25) is 0 Å². The maximum absolute atomic E-state index is 11.3. The molecular weight excluding hydrogens is 280 g/mol. The minimum Gasteiger partial charge on any atom is -0.369 e. The molecule has 1 fully saturated rings. The first-order valence-corrected chi connectivity index (χ1v) is 6.80. The molecule has 2 aliphatic rings. The summed E-state index contributed by atoms with van der Waals surface area (Å²) in [6, 6.07) is 1.89. The fraction of sp³-hybridized carbons (Fsp3) is 0.462. The lowest BCUT2D eigenvalue weighted by atomic mass is 9.97. The molecule has 1 saturated heterocycles. The molecule has 6 nitrogen and oxygen atoms in total. The zero-order valence-electron chi connectivity index (χ0n) is 11.3. The topological polar surface area (TPSA) is 77.6 Å². The van der Waals surface area contributed by atoms with Crippen molar-refractivity contribution in [1.82, 2.24) is 4.98 Å². The summed E-state index contributed by atoms with van der Waals surface area (Å²) in [6.45, 7) is 3.24. The average Bonchev–Trinajstić information content (AvgIpc) is 2.41. The molecule has 0 amide bonds. The van der Waals surface area contributed by atoms with Gasteiger partial charge < -0.3 is 10.5 Å². The van der Waals surface area contributed by atoms with Gasteiger partial charge in [0.05, 0.1) is 25.5 Å². The number of carbonyl (C=O) groups is 1. The number of guanidine groups is 1. The Bertz CT molecular complexity index is 618. The lowest BCUT2D eigenvalue weighted by Crippen LogP contribution is -2.66. The van der Waals surface area contributed by atoms with Gasteiger partial charge in [0.1, 0.15) is 24.4 Å². The molecule has 0 aromatic carbocycles. The number of quaternary nitrogens is 1.